The first-order valence-electron chi connectivity index (χ1n) is 22.7. The van der Waals surface area contributed by atoms with Crippen molar-refractivity contribution in [2.45, 2.75) is 181 Å². The molecule has 25 atom stereocenters. The molecular formula is C39H66N5O28S-. The topological polar surface area (TPSA) is 500 Å². The number of aliphatic hydroxyl groups excluding tert-OH is 11. The number of hydrogen-bond acceptors (Lipinski definition) is 29. The summed E-state index contributed by atoms with van der Waals surface area (Å²) in [6.45, 7) is -0.879. The highest BCUT2D eigenvalue weighted by Crippen LogP contribution is 2.36. The van der Waals surface area contributed by atoms with Crippen molar-refractivity contribution in [3.8, 4) is 0 Å². The molecule has 4 amide bonds. The normalized spacial score (nSPS) is 43.4. The molecule has 0 spiro atoms. The standard InChI is InChI=1S/C39H67N5O28S/c1-11(49)41-20-27(55)34(19(64-35(20)59)10-63-73(60,61)62)72-39-24(44-14(4)52)30(58)33(18(9-48)68-39)71-38-23(43-13(3)51)29(57)32(17(8-47)67-38)70-37-22(42-12(2)50)28(56)31(16(7-46)66-37)69-36-21(40-5)26(54)25(53)15(6-45)65-36/h15-40,45-48,53-59H,6-10H2,1-5H3,(H,41,49)(H,42,50)(H,43,51)(H,44,52)(H,60,61,62)/p-1. The molecule has 5 aliphatic rings. The molecule has 0 aromatic heterocycles. The Kier molecular flexibility index (Phi) is 21.9. The monoisotopic (exact) mass is 1080 g/mol. The Labute approximate surface area is 416 Å². The second kappa shape index (κ2) is 26.3. The number of carbonyl (C=O) groups excluding carboxylic acids is 4. The smallest absolute Gasteiger partial charge is 0.217 e. The average Bonchev–Trinajstić information content (AvgIpc) is 3.31. The van der Waals surface area contributed by atoms with E-state index in [0.29, 0.717) is 0 Å². The highest BCUT2D eigenvalue weighted by atomic mass is 32.3. The molecule has 5 rings (SSSR count). The van der Waals surface area contributed by atoms with Crippen LogP contribution in [0.4, 0.5) is 0 Å². The molecule has 5 aliphatic heterocycles. The Morgan fingerprint density at radius 2 is 0.753 bits per heavy atom. The maximum Gasteiger partial charge on any atom is 0.217 e. The number of carbonyl (C=O) groups is 4. The molecule has 0 aromatic carbocycles. The summed E-state index contributed by atoms with van der Waals surface area (Å²) in [5, 5.41) is 132. The molecule has 25 unspecified atom stereocenters. The van der Waals surface area contributed by atoms with E-state index in [0.717, 1.165) is 27.7 Å². The van der Waals surface area contributed by atoms with E-state index in [2.05, 4.69) is 30.8 Å². The van der Waals surface area contributed by atoms with E-state index in [4.69, 9.17) is 42.6 Å². The second-order valence-corrected chi connectivity index (χ2v) is 18.8. The number of aliphatic hydroxyl groups is 11. The van der Waals surface area contributed by atoms with E-state index in [1.54, 1.807) is 0 Å². The minimum absolute atomic E-state index is 0.765. The van der Waals surface area contributed by atoms with Crippen LogP contribution in [0.25, 0.3) is 0 Å². The van der Waals surface area contributed by atoms with E-state index in [9.17, 15) is 88.3 Å². The van der Waals surface area contributed by atoms with Gasteiger partial charge in [-0.1, -0.05) is 0 Å². The number of nitrogens with one attached hydrogen (secondary N) is 5. The Morgan fingerprint density at radius 3 is 1.07 bits per heavy atom. The van der Waals surface area contributed by atoms with Crippen molar-refractivity contribution in [3.05, 3.63) is 0 Å². The molecule has 0 aromatic rings. The first-order chi connectivity index (χ1) is 34.3. The molecule has 5 fully saturated rings. The molecule has 422 valence electrons. The molecule has 5 saturated heterocycles. The van der Waals surface area contributed by atoms with Gasteiger partial charge in [-0.05, 0) is 7.05 Å². The fourth-order valence-electron chi connectivity index (χ4n) is 9.12. The third-order valence-electron chi connectivity index (χ3n) is 12.5. The first-order valence-corrected chi connectivity index (χ1v) is 24.1. The van der Waals surface area contributed by atoms with Crippen LogP contribution in [0.1, 0.15) is 27.7 Å². The molecule has 34 heteroatoms. The fourth-order valence-corrected chi connectivity index (χ4v) is 9.42. The van der Waals surface area contributed by atoms with E-state index in [1.807, 2.05) is 0 Å². The van der Waals surface area contributed by atoms with Crippen molar-refractivity contribution in [3.63, 3.8) is 0 Å². The summed E-state index contributed by atoms with van der Waals surface area (Å²) < 4.78 is 91.2. The van der Waals surface area contributed by atoms with Crippen LogP contribution < -0.4 is 26.6 Å². The average molecular weight is 1090 g/mol. The molecule has 16 N–H and O–H groups in total. The van der Waals surface area contributed by atoms with Gasteiger partial charge in [0.15, 0.2) is 31.5 Å². The summed E-state index contributed by atoms with van der Waals surface area (Å²) in [5.41, 5.74) is 0. The molecule has 0 radical (unpaired) electrons. The largest absolute Gasteiger partial charge is 0.726 e. The summed E-state index contributed by atoms with van der Waals surface area (Å²) in [6, 6.07) is -8.05. The Morgan fingerprint density at radius 1 is 0.452 bits per heavy atom. The predicted octanol–water partition coefficient (Wildman–Crippen LogP) is -11.6. The molecule has 5 heterocycles. The van der Waals surface area contributed by atoms with Gasteiger partial charge in [-0.15, -0.1) is 0 Å². The molecule has 0 bridgehead atoms. The number of amides is 4. The zero-order valence-corrected chi connectivity index (χ0v) is 40.6. The van der Waals surface area contributed by atoms with Gasteiger partial charge in [-0.2, -0.15) is 0 Å². The zero-order valence-electron chi connectivity index (χ0n) is 39.7. The van der Waals surface area contributed by atoms with E-state index in [1.165, 1.54) is 7.05 Å². The zero-order chi connectivity index (χ0) is 54.4. The van der Waals surface area contributed by atoms with E-state index >= 15 is 0 Å². The third kappa shape index (κ3) is 14.7. The lowest BCUT2D eigenvalue weighted by Gasteiger charge is -2.51. The number of rotatable bonds is 20. The van der Waals surface area contributed by atoms with Crippen LogP contribution in [0.15, 0.2) is 0 Å². The highest BCUT2D eigenvalue weighted by molar-refractivity contribution is 7.80. The molecule has 0 saturated carbocycles. The van der Waals surface area contributed by atoms with Gasteiger partial charge in [0.25, 0.3) is 0 Å². The summed E-state index contributed by atoms with van der Waals surface area (Å²) >= 11 is 0. The Hall–Kier alpha value is -3.09. The Balaban J connectivity index is 1.40. The summed E-state index contributed by atoms with van der Waals surface area (Å²) in [4.78, 5) is 49.7. The predicted molar refractivity (Wildman–Crippen MR) is 228 cm³/mol. The lowest BCUT2D eigenvalue weighted by Crippen LogP contribution is -2.72. The Bertz CT molecular complexity index is 1950. The highest BCUT2D eigenvalue weighted by Gasteiger charge is 2.57. The SMILES string of the molecule is CNC1C(OC2C(CO)OC(OC3C(CO)OC(OC4C(CO)OC(OC5C(COS(=O)(=O)[O-])OC(O)C(NC(C)=O)C5O)C(NC(C)=O)C4O)C(NC(C)=O)C3O)C(NC(C)=O)C2O)OC(CO)C(O)C1O. The molecule has 0 aliphatic carbocycles. The second-order valence-electron chi connectivity index (χ2n) is 17.7. The maximum atomic E-state index is 12.7. The van der Waals surface area contributed by atoms with Crippen LogP contribution in [-0.2, 0) is 76.4 Å². The minimum atomic E-state index is -5.42. The number of ether oxygens (including phenoxy) is 9. The van der Waals surface area contributed by atoms with Gasteiger partial charge in [0.1, 0.15) is 116 Å². The molecule has 33 nitrogen and oxygen atoms in total. The van der Waals surface area contributed by atoms with Crippen molar-refractivity contribution in [1.29, 1.82) is 0 Å². The van der Waals surface area contributed by atoms with Gasteiger partial charge in [0.05, 0.1) is 39.1 Å². The van der Waals surface area contributed by atoms with E-state index < -0.39 is 220 Å². The summed E-state index contributed by atoms with van der Waals surface area (Å²) in [7, 11) is -4.04. The van der Waals surface area contributed by atoms with Gasteiger partial charge < -0.3 is 130 Å². The van der Waals surface area contributed by atoms with Crippen molar-refractivity contribution >= 4 is 34.0 Å². The van der Waals surface area contributed by atoms with Crippen molar-refractivity contribution in [2.75, 3.05) is 40.1 Å². The maximum absolute atomic E-state index is 12.7. The fraction of sp³-hybridized carbons (Fsp3) is 0.897. The van der Waals surface area contributed by atoms with Crippen molar-refractivity contribution in [2.24, 2.45) is 0 Å². The summed E-state index contributed by atoms with van der Waals surface area (Å²) in [6.07, 6.45) is -35.9. The third-order valence-corrected chi connectivity index (χ3v) is 12.9. The van der Waals surface area contributed by atoms with Crippen LogP contribution in [-0.4, -0.2) is 286 Å². The first kappa shape index (κ1) is 60.8. The van der Waals surface area contributed by atoms with Crippen LogP contribution in [0.2, 0.25) is 0 Å². The lowest BCUT2D eigenvalue weighted by molar-refractivity contribution is -0.367. The lowest BCUT2D eigenvalue weighted by atomic mass is 9.93. The van der Waals surface area contributed by atoms with Crippen LogP contribution in [0, 0.1) is 0 Å². The van der Waals surface area contributed by atoms with Crippen LogP contribution in [0.5, 0.6) is 0 Å². The number of hydrogen-bond donors (Lipinski definition) is 16. The van der Waals surface area contributed by atoms with Gasteiger partial charge in [0, 0.05) is 27.7 Å². The van der Waals surface area contributed by atoms with Gasteiger partial charge in [-0.3, -0.25) is 23.4 Å². The van der Waals surface area contributed by atoms with Gasteiger partial charge >= 0.3 is 0 Å². The van der Waals surface area contributed by atoms with Crippen LogP contribution in [0.3, 0.4) is 0 Å². The molecular weight excluding hydrogens is 1020 g/mol. The van der Waals surface area contributed by atoms with Crippen molar-refractivity contribution < 1.29 is 135 Å². The number of likely N-dealkylation sites (N-methyl/N-ethyl adjacent to an activating group) is 1. The molecule has 73 heavy (non-hydrogen) atoms. The summed E-state index contributed by atoms with van der Waals surface area (Å²) in [5.74, 6) is -3.26. The van der Waals surface area contributed by atoms with Gasteiger partial charge in [0.2, 0.25) is 34.0 Å². The quantitative estimate of drug-likeness (QED) is 0.0398. The van der Waals surface area contributed by atoms with Gasteiger partial charge in [-0.25, -0.2) is 8.42 Å². The van der Waals surface area contributed by atoms with Crippen molar-refractivity contribution in [1.82, 2.24) is 26.6 Å². The minimum Gasteiger partial charge on any atom is -0.726 e. The van der Waals surface area contributed by atoms with E-state index in [-0.39, 0.29) is 0 Å². The van der Waals surface area contributed by atoms with Crippen LogP contribution >= 0.6 is 0 Å².